The van der Waals surface area contributed by atoms with E-state index in [1.165, 1.54) is 0 Å². The molecule has 6 rings (SSSR count). The van der Waals surface area contributed by atoms with Crippen molar-refractivity contribution >= 4 is 23.6 Å². The molecule has 43 heavy (non-hydrogen) atoms. The second-order valence-corrected chi connectivity index (χ2v) is 10.9. The van der Waals surface area contributed by atoms with Gasteiger partial charge in [-0.3, -0.25) is 9.58 Å². The number of nitrogens with zero attached hydrogens (tertiary/aromatic N) is 7. The van der Waals surface area contributed by atoms with Crippen LogP contribution >= 0.6 is 0 Å². The number of amides is 2. The number of nitrogens with one attached hydrogen (secondary N) is 3. The molecule has 1 aliphatic heterocycles. The molecule has 0 atom stereocenters. The normalized spacial score (nSPS) is 18.2. The number of aryl methyl sites for hydroxylation is 1. The molecule has 0 spiro atoms. The smallest absolute Gasteiger partial charge is 0.323 e. The number of aromatic nitrogens is 5. The van der Waals surface area contributed by atoms with Gasteiger partial charge in [-0.15, -0.1) is 0 Å². The van der Waals surface area contributed by atoms with Crippen LogP contribution in [0.2, 0.25) is 0 Å². The minimum Gasteiger partial charge on any atom is -0.377 e. The summed E-state index contributed by atoms with van der Waals surface area (Å²) in [5.74, 6) is 1.61. The van der Waals surface area contributed by atoms with Crippen molar-refractivity contribution in [3.8, 4) is 17.2 Å². The number of hydrogen-bond donors (Lipinski definition) is 3. The summed E-state index contributed by atoms with van der Waals surface area (Å²) in [6.45, 7) is 1.62. The topological polar surface area (TPSA) is 146 Å². The molecule has 1 saturated heterocycles. The van der Waals surface area contributed by atoms with Crippen LogP contribution in [0.15, 0.2) is 67.3 Å². The molecule has 220 valence electrons. The monoisotopic (exact) mass is 578 g/mol. The highest BCUT2D eigenvalue weighted by atomic mass is 16.5. The van der Waals surface area contributed by atoms with Gasteiger partial charge < -0.3 is 20.7 Å². The van der Waals surface area contributed by atoms with Gasteiger partial charge in [-0.2, -0.15) is 15.3 Å². The van der Waals surface area contributed by atoms with Crippen LogP contribution in [0.4, 0.5) is 22.4 Å². The number of pyridine rings is 1. The van der Waals surface area contributed by atoms with E-state index in [1.54, 1.807) is 28.2 Å². The van der Waals surface area contributed by atoms with Crippen LogP contribution in [-0.2, 0) is 18.3 Å². The van der Waals surface area contributed by atoms with E-state index in [1.807, 2.05) is 55.7 Å². The highest BCUT2D eigenvalue weighted by molar-refractivity contribution is 5.91. The van der Waals surface area contributed by atoms with Crippen LogP contribution in [0.3, 0.4) is 0 Å². The fraction of sp³-hybridized carbons (Fsp3) is 0.355. The summed E-state index contributed by atoms with van der Waals surface area (Å²) in [6.07, 6.45) is 10.3. The van der Waals surface area contributed by atoms with E-state index in [9.17, 15) is 10.1 Å². The van der Waals surface area contributed by atoms with Crippen molar-refractivity contribution in [2.24, 2.45) is 7.05 Å². The Bertz CT molecular complexity index is 1570. The van der Waals surface area contributed by atoms with Crippen molar-refractivity contribution in [1.29, 1.82) is 5.26 Å². The van der Waals surface area contributed by atoms with E-state index in [0.717, 1.165) is 42.4 Å². The first-order valence-corrected chi connectivity index (χ1v) is 14.5. The van der Waals surface area contributed by atoms with Gasteiger partial charge in [0.15, 0.2) is 0 Å². The summed E-state index contributed by atoms with van der Waals surface area (Å²) in [5.41, 5.74) is 3.35. The zero-order valence-electron chi connectivity index (χ0n) is 24.0. The van der Waals surface area contributed by atoms with E-state index in [4.69, 9.17) is 9.72 Å². The lowest BCUT2D eigenvalue weighted by Crippen LogP contribution is -2.49. The van der Waals surface area contributed by atoms with Crippen LogP contribution in [-0.4, -0.2) is 62.1 Å². The number of hydrogen-bond acceptors (Lipinski definition) is 9. The average Bonchev–Trinajstić information content (AvgIpc) is 3.46. The summed E-state index contributed by atoms with van der Waals surface area (Å²) in [4.78, 5) is 29.1. The summed E-state index contributed by atoms with van der Waals surface area (Å²) in [7, 11) is 1.88. The second kappa shape index (κ2) is 12.9. The number of rotatable bonds is 9. The molecule has 1 aromatic carbocycles. The van der Waals surface area contributed by atoms with E-state index in [-0.39, 0.29) is 24.2 Å². The Morgan fingerprint density at radius 3 is 2.47 bits per heavy atom. The first-order chi connectivity index (χ1) is 21.1. The first-order valence-electron chi connectivity index (χ1n) is 14.5. The van der Waals surface area contributed by atoms with Crippen molar-refractivity contribution in [2.75, 3.05) is 28.7 Å². The van der Waals surface area contributed by atoms with E-state index in [2.05, 4.69) is 37.1 Å². The Morgan fingerprint density at radius 2 is 1.81 bits per heavy atom. The Morgan fingerprint density at radius 1 is 1.00 bits per heavy atom. The van der Waals surface area contributed by atoms with Crippen molar-refractivity contribution in [3.63, 3.8) is 0 Å². The molecule has 1 saturated carbocycles. The number of ether oxygens (including phenoxy) is 1. The Kier molecular flexibility index (Phi) is 8.42. The molecule has 0 bridgehead atoms. The lowest BCUT2D eigenvalue weighted by molar-refractivity contribution is 0.0209. The Balaban J connectivity index is 1.14. The number of benzene rings is 1. The van der Waals surface area contributed by atoms with Gasteiger partial charge in [-0.25, -0.2) is 14.8 Å². The third kappa shape index (κ3) is 6.73. The summed E-state index contributed by atoms with van der Waals surface area (Å²) < 4.78 is 6.98. The Hall–Kier alpha value is -5.02. The van der Waals surface area contributed by atoms with Gasteiger partial charge >= 0.3 is 6.03 Å². The number of carbonyl (C=O) groups is 1. The van der Waals surface area contributed by atoms with Gasteiger partial charge in [0.2, 0.25) is 5.95 Å². The predicted molar refractivity (Wildman–Crippen MR) is 162 cm³/mol. The molecular formula is C31H34N10O2. The van der Waals surface area contributed by atoms with E-state index < -0.39 is 0 Å². The summed E-state index contributed by atoms with van der Waals surface area (Å²) >= 11 is 0. The van der Waals surface area contributed by atoms with Crippen LogP contribution in [0.1, 0.15) is 36.8 Å². The highest BCUT2D eigenvalue weighted by Gasteiger charge is 2.31. The summed E-state index contributed by atoms with van der Waals surface area (Å²) in [5, 5.41) is 23.5. The molecule has 0 unspecified atom stereocenters. The molecule has 12 heteroatoms. The Labute approximate surface area is 250 Å². The molecule has 12 nitrogen and oxygen atoms in total. The van der Waals surface area contributed by atoms with Crippen molar-refractivity contribution in [2.45, 2.75) is 50.4 Å². The maximum atomic E-state index is 13.6. The molecular weight excluding hydrogens is 544 g/mol. The van der Waals surface area contributed by atoms with Crippen LogP contribution < -0.4 is 20.9 Å². The molecule has 2 aliphatic rings. The maximum Gasteiger partial charge on any atom is 0.323 e. The predicted octanol–water partition coefficient (Wildman–Crippen LogP) is 4.09. The zero-order chi connectivity index (χ0) is 29.6. The third-order valence-corrected chi connectivity index (χ3v) is 7.82. The SMILES string of the molecule is Cn1cc(-c2ccc(N(C(=O)NCc3ccccc3)[C@H]3CC[C@H](Nc4ncc(C#N)c(NC5COC5)n4)CC3)nc2)cn1. The van der Waals surface area contributed by atoms with Crippen LogP contribution in [0.5, 0.6) is 0 Å². The highest BCUT2D eigenvalue weighted by Crippen LogP contribution is 2.30. The molecule has 1 aliphatic carbocycles. The van der Waals surface area contributed by atoms with E-state index in [0.29, 0.717) is 42.9 Å². The molecule has 2 amide bonds. The van der Waals surface area contributed by atoms with Gasteiger partial charge in [-0.05, 0) is 43.4 Å². The van der Waals surface area contributed by atoms with Gasteiger partial charge in [0.1, 0.15) is 23.3 Å². The van der Waals surface area contributed by atoms with Crippen molar-refractivity contribution in [1.82, 2.24) is 30.0 Å². The fourth-order valence-electron chi connectivity index (χ4n) is 5.40. The number of anilines is 3. The van der Waals surface area contributed by atoms with Crippen LogP contribution in [0.25, 0.3) is 11.1 Å². The second-order valence-electron chi connectivity index (χ2n) is 10.9. The minimum absolute atomic E-state index is 0.0247. The fourth-order valence-corrected chi connectivity index (χ4v) is 5.40. The molecule has 0 radical (unpaired) electrons. The lowest BCUT2D eigenvalue weighted by atomic mass is 9.90. The van der Waals surface area contributed by atoms with Crippen LogP contribution in [0, 0.1) is 11.3 Å². The standard InChI is InChI=1S/C31H34N10O2/c1-40-18-24(17-36-40)22-7-12-28(33-15-22)41(31(42)35-14-21-5-3-2-4-6-21)27-10-8-25(9-11-27)38-30-34-16-23(13-32)29(39-30)37-26-19-43-20-26/h2-7,12,15-18,25-27H,8-11,14,19-20H2,1H3,(H,35,42)(H2,34,37,38,39)/t25-,27-. The van der Waals surface area contributed by atoms with Gasteiger partial charge in [0.05, 0.1) is 31.6 Å². The number of nitriles is 1. The maximum absolute atomic E-state index is 13.6. The molecule has 4 heterocycles. The van der Waals surface area contributed by atoms with Gasteiger partial charge in [0, 0.05) is 49.2 Å². The minimum atomic E-state index is -0.173. The quantitative estimate of drug-likeness (QED) is 0.267. The van der Waals surface area contributed by atoms with E-state index >= 15 is 0 Å². The first kappa shape index (κ1) is 28.1. The molecule has 3 aromatic heterocycles. The molecule has 4 aromatic rings. The molecule has 2 fully saturated rings. The largest absolute Gasteiger partial charge is 0.377 e. The zero-order valence-corrected chi connectivity index (χ0v) is 24.0. The van der Waals surface area contributed by atoms with Gasteiger partial charge in [0.25, 0.3) is 0 Å². The van der Waals surface area contributed by atoms with Crippen molar-refractivity contribution < 1.29 is 9.53 Å². The number of carbonyl (C=O) groups excluding carboxylic acids is 1. The lowest BCUT2D eigenvalue weighted by Gasteiger charge is -2.36. The number of urea groups is 1. The average molecular weight is 579 g/mol. The molecule has 3 N–H and O–H groups in total. The third-order valence-electron chi connectivity index (χ3n) is 7.82. The van der Waals surface area contributed by atoms with Crippen molar-refractivity contribution in [3.05, 3.63) is 78.4 Å². The summed E-state index contributed by atoms with van der Waals surface area (Å²) in [6, 6.07) is 16.0. The van der Waals surface area contributed by atoms with Gasteiger partial charge in [-0.1, -0.05) is 30.3 Å².